The van der Waals surface area contributed by atoms with Crippen LogP contribution < -0.4 is 0 Å². The third kappa shape index (κ3) is 4.26. The van der Waals surface area contributed by atoms with Crippen molar-refractivity contribution in [1.82, 2.24) is 4.90 Å². The highest BCUT2D eigenvalue weighted by atomic mass is 16.5. The van der Waals surface area contributed by atoms with Crippen LogP contribution in [0.15, 0.2) is 35.8 Å². The summed E-state index contributed by atoms with van der Waals surface area (Å²) in [7, 11) is 3.48. The van der Waals surface area contributed by atoms with Crippen molar-refractivity contribution in [2.75, 3.05) is 14.2 Å². The van der Waals surface area contributed by atoms with Crippen LogP contribution in [0.3, 0.4) is 0 Å². The summed E-state index contributed by atoms with van der Waals surface area (Å²) in [5.74, 6) is 0.841. The van der Waals surface area contributed by atoms with E-state index in [4.69, 9.17) is 14.9 Å². The van der Waals surface area contributed by atoms with Crippen LogP contribution in [0.5, 0.6) is 0 Å². The van der Waals surface area contributed by atoms with Crippen LogP contribution in [0.1, 0.15) is 6.42 Å². The van der Waals surface area contributed by atoms with Gasteiger partial charge in [-0.25, -0.2) is 0 Å². The van der Waals surface area contributed by atoms with E-state index in [9.17, 15) is 0 Å². The van der Waals surface area contributed by atoms with Gasteiger partial charge in [-0.15, -0.1) is 0 Å². The fourth-order valence-corrected chi connectivity index (χ4v) is 1.06. The SMILES string of the molecule is C=O.COC1=CCC=CC(N(C)C=N)=C1. The topological polar surface area (TPSA) is 53.4 Å². The first-order chi connectivity index (χ1) is 7.27. The Kier molecular flexibility index (Phi) is 6.63. The van der Waals surface area contributed by atoms with Crippen molar-refractivity contribution in [2.24, 2.45) is 0 Å². The molecule has 1 rings (SSSR count). The van der Waals surface area contributed by atoms with Gasteiger partial charge in [0, 0.05) is 18.8 Å². The Morgan fingerprint density at radius 3 is 2.80 bits per heavy atom. The highest BCUT2D eigenvalue weighted by Gasteiger charge is 2.02. The number of hydrogen-bond acceptors (Lipinski definition) is 3. The lowest BCUT2D eigenvalue weighted by Crippen LogP contribution is -2.13. The molecule has 4 nitrogen and oxygen atoms in total. The van der Waals surface area contributed by atoms with E-state index in [1.165, 1.54) is 6.34 Å². The number of ether oxygens (including phenoxy) is 1. The summed E-state index contributed by atoms with van der Waals surface area (Å²) in [6.45, 7) is 2.00. The standard InChI is InChI=1S/C10H14N2O.CH2O/c1-12(8-11)9-5-3-4-6-10(7-9)13-2;1-2/h3,5-8,11H,4H2,1-2H3;1H2. The molecule has 0 aromatic carbocycles. The van der Waals surface area contributed by atoms with E-state index in [2.05, 4.69) is 0 Å². The molecule has 0 aromatic heterocycles. The van der Waals surface area contributed by atoms with E-state index >= 15 is 0 Å². The molecular formula is C11H16N2O2. The van der Waals surface area contributed by atoms with Gasteiger partial charge in [0.2, 0.25) is 0 Å². The molecule has 0 atom stereocenters. The molecule has 1 N–H and O–H groups in total. The Hall–Kier alpha value is -1.84. The molecule has 82 valence electrons. The molecular weight excluding hydrogens is 192 g/mol. The maximum absolute atomic E-state index is 8.00. The van der Waals surface area contributed by atoms with Crippen LogP contribution in [0.4, 0.5) is 0 Å². The molecule has 0 bridgehead atoms. The van der Waals surface area contributed by atoms with Crippen LogP contribution in [-0.2, 0) is 9.53 Å². The summed E-state index contributed by atoms with van der Waals surface area (Å²) in [4.78, 5) is 9.73. The van der Waals surface area contributed by atoms with E-state index in [-0.39, 0.29) is 0 Å². The zero-order valence-corrected chi connectivity index (χ0v) is 9.06. The number of likely N-dealkylation sites (N-methyl/N-ethyl adjacent to an activating group) is 1. The highest BCUT2D eigenvalue weighted by Crippen LogP contribution is 2.12. The largest absolute Gasteiger partial charge is 0.497 e. The lowest BCUT2D eigenvalue weighted by atomic mass is 10.3. The van der Waals surface area contributed by atoms with Gasteiger partial charge in [-0.2, -0.15) is 0 Å². The van der Waals surface area contributed by atoms with Gasteiger partial charge >= 0.3 is 0 Å². The van der Waals surface area contributed by atoms with Crippen molar-refractivity contribution < 1.29 is 9.53 Å². The van der Waals surface area contributed by atoms with E-state index in [0.717, 1.165) is 17.9 Å². The third-order valence-electron chi connectivity index (χ3n) is 1.87. The van der Waals surface area contributed by atoms with Crippen molar-refractivity contribution in [2.45, 2.75) is 6.42 Å². The molecule has 1 aliphatic rings. The molecule has 0 heterocycles. The molecule has 0 radical (unpaired) electrons. The molecule has 0 unspecified atom stereocenters. The van der Waals surface area contributed by atoms with E-state index in [1.54, 1.807) is 12.0 Å². The fraction of sp³-hybridized carbons (Fsp3) is 0.273. The summed E-state index contributed by atoms with van der Waals surface area (Å²) < 4.78 is 5.14. The first-order valence-electron chi connectivity index (χ1n) is 4.42. The van der Waals surface area contributed by atoms with Crippen molar-refractivity contribution >= 4 is 13.1 Å². The summed E-state index contributed by atoms with van der Waals surface area (Å²) in [5.41, 5.74) is 0.959. The van der Waals surface area contributed by atoms with Crippen LogP contribution in [0.2, 0.25) is 0 Å². The third-order valence-corrected chi connectivity index (χ3v) is 1.87. The minimum absolute atomic E-state index is 0.841. The minimum Gasteiger partial charge on any atom is -0.497 e. The molecule has 0 saturated heterocycles. The predicted molar refractivity (Wildman–Crippen MR) is 60.6 cm³/mol. The molecule has 4 heteroatoms. The monoisotopic (exact) mass is 208 g/mol. The zero-order valence-electron chi connectivity index (χ0n) is 9.06. The van der Waals surface area contributed by atoms with Crippen LogP contribution in [-0.4, -0.2) is 32.2 Å². The smallest absolute Gasteiger partial charge is 0.117 e. The van der Waals surface area contributed by atoms with Crippen molar-refractivity contribution in [1.29, 1.82) is 5.41 Å². The average molecular weight is 208 g/mol. The molecule has 0 saturated carbocycles. The van der Waals surface area contributed by atoms with Gasteiger partial charge in [-0.05, 0) is 18.6 Å². The lowest BCUT2D eigenvalue weighted by Gasteiger charge is -2.13. The molecule has 15 heavy (non-hydrogen) atoms. The second-order valence-corrected chi connectivity index (χ2v) is 2.76. The van der Waals surface area contributed by atoms with Crippen molar-refractivity contribution in [3.8, 4) is 0 Å². The quantitative estimate of drug-likeness (QED) is 0.567. The van der Waals surface area contributed by atoms with Crippen LogP contribution in [0, 0.1) is 5.41 Å². The average Bonchev–Trinajstić information content (AvgIpc) is 2.55. The van der Waals surface area contributed by atoms with E-state index < -0.39 is 0 Å². The molecule has 0 aliphatic heterocycles. The number of methoxy groups -OCH3 is 1. The summed E-state index contributed by atoms with van der Waals surface area (Å²) >= 11 is 0. The number of allylic oxidation sites excluding steroid dienone is 4. The van der Waals surface area contributed by atoms with Gasteiger partial charge < -0.3 is 14.4 Å². The number of nitrogens with one attached hydrogen (secondary N) is 1. The van der Waals surface area contributed by atoms with Gasteiger partial charge in [0.05, 0.1) is 13.4 Å². The van der Waals surface area contributed by atoms with Gasteiger partial charge in [0.25, 0.3) is 0 Å². The van der Waals surface area contributed by atoms with Crippen LogP contribution >= 0.6 is 0 Å². The minimum atomic E-state index is 0.841. The van der Waals surface area contributed by atoms with Crippen molar-refractivity contribution in [3.05, 3.63) is 35.8 Å². The highest BCUT2D eigenvalue weighted by molar-refractivity contribution is 5.56. The molecule has 1 aliphatic carbocycles. The lowest BCUT2D eigenvalue weighted by molar-refractivity contribution is -0.0979. The number of rotatable bonds is 3. The summed E-state index contributed by atoms with van der Waals surface area (Å²) in [6.07, 6.45) is 10.1. The summed E-state index contributed by atoms with van der Waals surface area (Å²) in [5, 5.41) is 7.11. The molecule has 0 spiro atoms. The number of nitrogens with zero attached hydrogens (tertiary/aromatic N) is 1. The Bertz CT molecular complexity index is 293. The normalized spacial score (nSPS) is 13.7. The molecule has 0 amide bonds. The first kappa shape index (κ1) is 13.2. The van der Waals surface area contributed by atoms with Crippen LogP contribution in [0.25, 0.3) is 0 Å². The maximum Gasteiger partial charge on any atom is 0.117 e. The van der Waals surface area contributed by atoms with E-state index in [1.807, 2.05) is 38.1 Å². The second-order valence-electron chi connectivity index (χ2n) is 2.76. The number of hydrogen-bond donors (Lipinski definition) is 1. The first-order valence-corrected chi connectivity index (χ1v) is 4.42. The Labute approximate surface area is 90.0 Å². The van der Waals surface area contributed by atoms with Gasteiger partial charge in [-0.3, -0.25) is 5.41 Å². The molecule has 0 aromatic rings. The number of carbonyl (C=O) groups excluding carboxylic acids is 1. The second kappa shape index (κ2) is 7.55. The van der Waals surface area contributed by atoms with Gasteiger partial charge in [-0.1, -0.05) is 6.08 Å². The van der Waals surface area contributed by atoms with Crippen molar-refractivity contribution in [3.63, 3.8) is 0 Å². The zero-order chi connectivity index (χ0) is 11.7. The molecule has 0 fully saturated rings. The Morgan fingerprint density at radius 1 is 1.60 bits per heavy atom. The maximum atomic E-state index is 8.00. The number of carbonyl (C=O) groups is 1. The Morgan fingerprint density at radius 2 is 2.27 bits per heavy atom. The predicted octanol–water partition coefficient (Wildman–Crippen LogP) is 1.71. The fourth-order valence-electron chi connectivity index (χ4n) is 1.06. The van der Waals surface area contributed by atoms with E-state index in [0.29, 0.717) is 0 Å². The summed E-state index contributed by atoms with van der Waals surface area (Å²) in [6, 6.07) is 0. The van der Waals surface area contributed by atoms with Gasteiger partial charge in [0.1, 0.15) is 12.5 Å². The van der Waals surface area contributed by atoms with Gasteiger partial charge in [0.15, 0.2) is 0 Å². The Balaban J connectivity index is 0.000000921.